The molecule has 1 aromatic heterocycles. The van der Waals surface area contributed by atoms with Crippen LogP contribution in [0.4, 0.5) is 0 Å². The Labute approximate surface area is 114 Å². The van der Waals surface area contributed by atoms with Gasteiger partial charge in [-0.25, -0.2) is 8.42 Å². The van der Waals surface area contributed by atoms with Crippen LogP contribution in [0.2, 0.25) is 0 Å². The molecule has 0 radical (unpaired) electrons. The van der Waals surface area contributed by atoms with Crippen LogP contribution in [0.3, 0.4) is 0 Å². The highest BCUT2D eigenvalue weighted by atomic mass is 32.2. The average molecular weight is 290 g/mol. The molecule has 4 nitrogen and oxygen atoms in total. The van der Waals surface area contributed by atoms with Crippen molar-refractivity contribution in [3.63, 3.8) is 0 Å². The lowest BCUT2D eigenvalue weighted by molar-refractivity contribution is 0.234. The number of likely N-dealkylation sites (N-methyl/N-ethyl adjacent to an activating group) is 1. The van der Waals surface area contributed by atoms with Crippen molar-refractivity contribution in [1.82, 2.24) is 4.90 Å². The maximum absolute atomic E-state index is 11.2. The van der Waals surface area contributed by atoms with Gasteiger partial charge in [-0.1, -0.05) is 0 Å². The molecule has 0 aliphatic heterocycles. The molecule has 0 fully saturated rings. The van der Waals surface area contributed by atoms with Crippen LogP contribution in [0.15, 0.2) is 12.1 Å². The van der Waals surface area contributed by atoms with Crippen molar-refractivity contribution in [2.45, 2.75) is 25.9 Å². The summed E-state index contributed by atoms with van der Waals surface area (Å²) in [5.41, 5.74) is 6.03. The van der Waals surface area contributed by atoms with Crippen molar-refractivity contribution < 1.29 is 8.42 Å². The molecule has 104 valence electrons. The molecule has 2 atom stereocenters. The van der Waals surface area contributed by atoms with E-state index in [1.165, 1.54) is 16.0 Å². The number of hydrogen-bond acceptors (Lipinski definition) is 5. The fraction of sp³-hybridized carbons (Fsp3) is 0.667. The van der Waals surface area contributed by atoms with E-state index in [0.29, 0.717) is 6.54 Å². The first-order valence-corrected chi connectivity index (χ1v) is 8.78. The van der Waals surface area contributed by atoms with E-state index in [1.54, 1.807) is 11.3 Å². The zero-order chi connectivity index (χ0) is 13.9. The second kappa shape index (κ2) is 6.14. The average Bonchev–Trinajstić information content (AvgIpc) is 2.60. The highest BCUT2D eigenvalue weighted by Crippen LogP contribution is 2.28. The molecule has 2 N–H and O–H groups in total. The lowest BCUT2D eigenvalue weighted by atomic mass is 10.1. The minimum atomic E-state index is -2.93. The molecule has 0 spiro atoms. The summed E-state index contributed by atoms with van der Waals surface area (Å²) in [6.07, 6.45) is 1.26. The van der Waals surface area contributed by atoms with Crippen LogP contribution in [0.1, 0.15) is 22.7 Å². The topological polar surface area (TPSA) is 63.4 Å². The molecule has 0 aliphatic carbocycles. The smallest absolute Gasteiger partial charge is 0.148 e. The zero-order valence-electron chi connectivity index (χ0n) is 11.4. The Morgan fingerprint density at radius 1 is 1.44 bits per heavy atom. The number of rotatable bonds is 6. The van der Waals surface area contributed by atoms with Gasteiger partial charge in [-0.2, -0.15) is 0 Å². The van der Waals surface area contributed by atoms with Crippen molar-refractivity contribution in [3.05, 3.63) is 21.9 Å². The van der Waals surface area contributed by atoms with Crippen LogP contribution in [0.25, 0.3) is 0 Å². The van der Waals surface area contributed by atoms with Crippen LogP contribution < -0.4 is 5.73 Å². The summed E-state index contributed by atoms with van der Waals surface area (Å²) >= 11 is 1.71. The van der Waals surface area contributed by atoms with Gasteiger partial charge >= 0.3 is 0 Å². The molecule has 18 heavy (non-hydrogen) atoms. The maximum Gasteiger partial charge on any atom is 0.148 e. The molecule has 1 rings (SSSR count). The first kappa shape index (κ1) is 15.6. The van der Waals surface area contributed by atoms with E-state index in [9.17, 15) is 8.42 Å². The van der Waals surface area contributed by atoms with E-state index in [-0.39, 0.29) is 17.8 Å². The number of thiophene rings is 1. The number of hydrogen-bond donors (Lipinski definition) is 1. The fourth-order valence-electron chi connectivity index (χ4n) is 1.94. The van der Waals surface area contributed by atoms with E-state index in [1.807, 2.05) is 18.9 Å². The van der Waals surface area contributed by atoms with Crippen LogP contribution in [-0.2, 0) is 9.84 Å². The van der Waals surface area contributed by atoms with Gasteiger partial charge in [0.1, 0.15) is 9.84 Å². The minimum absolute atomic E-state index is 0.0346. The second-order valence-electron chi connectivity index (χ2n) is 4.86. The Kier molecular flexibility index (Phi) is 5.33. The molecule has 0 saturated carbocycles. The van der Waals surface area contributed by atoms with E-state index in [2.05, 4.69) is 19.1 Å². The van der Waals surface area contributed by atoms with Gasteiger partial charge < -0.3 is 5.73 Å². The van der Waals surface area contributed by atoms with Gasteiger partial charge in [0.05, 0.1) is 11.8 Å². The Morgan fingerprint density at radius 3 is 2.44 bits per heavy atom. The van der Waals surface area contributed by atoms with Crippen LogP contribution in [0, 0.1) is 6.92 Å². The number of nitrogens with two attached hydrogens (primary N) is 1. The fourth-order valence-corrected chi connectivity index (χ4v) is 3.72. The van der Waals surface area contributed by atoms with Gasteiger partial charge in [0.25, 0.3) is 0 Å². The lowest BCUT2D eigenvalue weighted by Gasteiger charge is -2.30. The maximum atomic E-state index is 11.2. The summed E-state index contributed by atoms with van der Waals surface area (Å²) in [7, 11) is -1.01. The normalized spacial score (nSPS) is 15.9. The summed E-state index contributed by atoms with van der Waals surface area (Å²) in [4.78, 5) is 4.46. The summed E-state index contributed by atoms with van der Waals surface area (Å²) in [6.45, 7) is 4.52. The Balaban J connectivity index is 2.79. The van der Waals surface area contributed by atoms with Gasteiger partial charge in [0.15, 0.2) is 0 Å². The van der Waals surface area contributed by atoms with Gasteiger partial charge in [-0.15, -0.1) is 11.3 Å². The zero-order valence-corrected chi connectivity index (χ0v) is 13.0. The second-order valence-corrected chi connectivity index (χ2v) is 8.44. The predicted octanol–water partition coefficient (Wildman–Crippen LogP) is 1.42. The molecule has 0 bridgehead atoms. The molecule has 0 saturated heterocycles. The number of aryl methyl sites for hydroxylation is 1. The van der Waals surface area contributed by atoms with E-state index < -0.39 is 9.84 Å². The largest absolute Gasteiger partial charge is 0.326 e. The van der Waals surface area contributed by atoms with E-state index >= 15 is 0 Å². The summed E-state index contributed by atoms with van der Waals surface area (Å²) in [6, 6.07) is 4.18. The SMILES string of the molecule is Cc1ccc(C(C(C)N)N(C)CCS(C)(=O)=O)s1. The first-order valence-electron chi connectivity index (χ1n) is 5.90. The first-order chi connectivity index (χ1) is 8.20. The molecule has 0 aliphatic rings. The van der Waals surface area contributed by atoms with Crippen molar-refractivity contribution in [2.75, 3.05) is 25.6 Å². The molecule has 0 aromatic carbocycles. The lowest BCUT2D eigenvalue weighted by Crippen LogP contribution is -2.38. The molecular formula is C12H22N2O2S2. The Morgan fingerprint density at radius 2 is 2.06 bits per heavy atom. The standard InChI is InChI=1S/C12H22N2O2S2/c1-9-5-6-11(17-9)12(10(2)13)14(3)7-8-18(4,15)16/h5-6,10,12H,7-8,13H2,1-4H3. The highest BCUT2D eigenvalue weighted by molar-refractivity contribution is 7.90. The Hall–Kier alpha value is -0.430. The number of nitrogens with zero attached hydrogens (tertiary/aromatic N) is 1. The van der Waals surface area contributed by atoms with Crippen molar-refractivity contribution in [1.29, 1.82) is 0 Å². The van der Waals surface area contributed by atoms with E-state index in [4.69, 9.17) is 5.73 Å². The third-order valence-electron chi connectivity index (χ3n) is 2.84. The molecule has 2 unspecified atom stereocenters. The van der Waals surface area contributed by atoms with Crippen LogP contribution in [-0.4, -0.2) is 45.0 Å². The van der Waals surface area contributed by atoms with Crippen LogP contribution >= 0.6 is 11.3 Å². The van der Waals surface area contributed by atoms with Gasteiger partial charge in [0.2, 0.25) is 0 Å². The Bertz CT molecular complexity index is 480. The molecule has 6 heteroatoms. The molecule has 0 amide bonds. The molecule has 1 heterocycles. The van der Waals surface area contributed by atoms with Crippen molar-refractivity contribution in [2.24, 2.45) is 5.73 Å². The number of sulfone groups is 1. The summed E-state index contributed by atoms with van der Waals surface area (Å²) < 4.78 is 22.4. The van der Waals surface area contributed by atoms with Crippen LogP contribution in [0.5, 0.6) is 0 Å². The van der Waals surface area contributed by atoms with Gasteiger partial charge in [-0.3, -0.25) is 4.90 Å². The summed E-state index contributed by atoms with van der Waals surface area (Å²) in [5, 5.41) is 0. The highest BCUT2D eigenvalue weighted by Gasteiger charge is 2.23. The third kappa shape index (κ3) is 4.68. The molecular weight excluding hydrogens is 268 g/mol. The van der Waals surface area contributed by atoms with E-state index in [0.717, 1.165) is 0 Å². The van der Waals surface area contributed by atoms with Crippen molar-refractivity contribution in [3.8, 4) is 0 Å². The predicted molar refractivity (Wildman–Crippen MR) is 77.8 cm³/mol. The van der Waals surface area contributed by atoms with Gasteiger partial charge in [-0.05, 0) is 33.0 Å². The third-order valence-corrected chi connectivity index (χ3v) is 4.84. The quantitative estimate of drug-likeness (QED) is 0.860. The van der Waals surface area contributed by atoms with Gasteiger partial charge in [0, 0.05) is 28.6 Å². The minimum Gasteiger partial charge on any atom is -0.326 e. The monoisotopic (exact) mass is 290 g/mol. The molecule has 1 aromatic rings. The van der Waals surface area contributed by atoms with Crippen molar-refractivity contribution >= 4 is 21.2 Å². The summed E-state index contributed by atoms with van der Waals surface area (Å²) in [5.74, 6) is 0.164.